The molecule has 1 aromatic heterocycles. The van der Waals surface area contributed by atoms with E-state index in [0.717, 1.165) is 24.7 Å². The fourth-order valence-corrected chi connectivity index (χ4v) is 2.87. The predicted molar refractivity (Wildman–Crippen MR) is 70.4 cm³/mol. The van der Waals surface area contributed by atoms with Gasteiger partial charge in [-0.25, -0.2) is 0 Å². The van der Waals surface area contributed by atoms with Crippen LogP contribution < -0.4 is 0 Å². The number of alkyl halides is 1. The maximum Gasteiger partial charge on any atom is 0.257 e. The van der Waals surface area contributed by atoms with Crippen molar-refractivity contribution in [3.63, 3.8) is 0 Å². The highest BCUT2D eigenvalue weighted by atomic mass is 79.9. The predicted octanol–water partition coefficient (Wildman–Crippen LogP) is 3.45. The van der Waals surface area contributed by atoms with Gasteiger partial charge in [0.1, 0.15) is 6.26 Å². The van der Waals surface area contributed by atoms with Crippen LogP contribution >= 0.6 is 15.9 Å². The van der Waals surface area contributed by atoms with E-state index in [0.29, 0.717) is 11.6 Å². The molecule has 1 amide bonds. The highest BCUT2D eigenvalue weighted by Crippen LogP contribution is 2.24. The van der Waals surface area contributed by atoms with Gasteiger partial charge in [-0.3, -0.25) is 4.79 Å². The van der Waals surface area contributed by atoms with E-state index in [-0.39, 0.29) is 5.91 Å². The Morgan fingerprint density at radius 2 is 2.18 bits per heavy atom. The summed E-state index contributed by atoms with van der Waals surface area (Å²) in [6, 6.07) is 2.15. The van der Waals surface area contributed by atoms with Gasteiger partial charge < -0.3 is 9.32 Å². The number of furan rings is 1. The fraction of sp³-hybridized carbons (Fsp3) is 0.615. The van der Waals surface area contributed by atoms with Gasteiger partial charge in [0.25, 0.3) is 5.91 Å². The minimum Gasteiger partial charge on any atom is -0.472 e. The molecule has 17 heavy (non-hydrogen) atoms. The molecule has 1 saturated carbocycles. The number of halogens is 1. The Morgan fingerprint density at radius 1 is 1.41 bits per heavy atom. The van der Waals surface area contributed by atoms with Gasteiger partial charge in [0, 0.05) is 17.9 Å². The maximum absolute atomic E-state index is 12.3. The number of amides is 1. The van der Waals surface area contributed by atoms with Gasteiger partial charge >= 0.3 is 0 Å². The third kappa shape index (κ3) is 3.12. The molecule has 0 saturated heterocycles. The summed E-state index contributed by atoms with van der Waals surface area (Å²) < 4.78 is 4.99. The molecule has 0 atom stereocenters. The lowest BCUT2D eigenvalue weighted by molar-refractivity contribution is 0.0650. The monoisotopic (exact) mass is 299 g/mol. The average molecular weight is 300 g/mol. The fourth-order valence-electron chi connectivity index (χ4n) is 2.49. The molecule has 0 unspecified atom stereocenters. The van der Waals surface area contributed by atoms with Crippen molar-refractivity contribution in [1.29, 1.82) is 0 Å². The molecule has 1 aliphatic rings. The summed E-state index contributed by atoms with van der Waals surface area (Å²) >= 11 is 3.43. The molecule has 1 aliphatic carbocycles. The van der Waals surface area contributed by atoms with E-state index >= 15 is 0 Å². The Bertz CT molecular complexity index is 344. The van der Waals surface area contributed by atoms with Crippen molar-refractivity contribution in [2.45, 2.75) is 38.1 Å². The lowest BCUT2D eigenvalue weighted by Crippen LogP contribution is -2.42. The van der Waals surface area contributed by atoms with Crippen molar-refractivity contribution >= 4 is 21.8 Å². The number of nitrogens with zero attached hydrogens (tertiary/aromatic N) is 1. The minimum atomic E-state index is 0.102. The van der Waals surface area contributed by atoms with Gasteiger partial charge in [-0.05, 0) is 18.9 Å². The Kier molecular flexibility index (Phi) is 4.66. The molecule has 1 fully saturated rings. The molecular formula is C13H18BrNO2. The maximum atomic E-state index is 12.3. The molecule has 0 N–H and O–H groups in total. The zero-order chi connectivity index (χ0) is 12.1. The smallest absolute Gasteiger partial charge is 0.257 e. The summed E-state index contributed by atoms with van der Waals surface area (Å²) in [7, 11) is 0. The Labute approximate surface area is 110 Å². The van der Waals surface area contributed by atoms with Crippen LogP contribution in [0.25, 0.3) is 0 Å². The van der Waals surface area contributed by atoms with Crippen LogP contribution in [0.5, 0.6) is 0 Å². The van der Waals surface area contributed by atoms with E-state index in [2.05, 4.69) is 15.9 Å². The summed E-state index contributed by atoms with van der Waals surface area (Å²) in [5, 5.41) is 0.826. The first-order valence-corrected chi connectivity index (χ1v) is 7.34. The SMILES string of the molecule is O=C(c1ccoc1)N(CCBr)C1CCCCC1. The zero-order valence-corrected chi connectivity index (χ0v) is 11.5. The summed E-state index contributed by atoms with van der Waals surface area (Å²) in [5.41, 5.74) is 0.663. The Balaban J connectivity index is 2.07. The summed E-state index contributed by atoms with van der Waals surface area (Å²) in [6.07, 6.45) is 9.14. The van der Waals surface area contributed by atoms with E-state index in [1.165, 1.54) is 25.5 Å². The molecule has 4 heteroatoms. The van der Waals surface area contributed by atoms with Crippen LogP contribution in [-0.2, 0) is 0 Å². The lowest BCUT2D eigenvalue weighted by Gasteiger charge is -2.33. The second kappa shape index (κ2) is 6.24. The molecule has 0 radical (unpaired) electrons. The highest BCUT2D eigenvalue weighted by molar-refractivity contribution is 9.09. The quantitative estimate of drug-likeness (QED) is 0.798. The standard InChI is InChI=1S/C13H18BrNO2/c14-7-8-15(12-4-2-1-3-5-12)13(16)11-6-9-17-10-11/h6,9-10,12H,1-5,7-8H2. The molecule has 0 bridgehead atoms. The molecule has 0 aliphatic heterocycles. The van der Waals surface area contributed by atoms with Gasteiger partial charge in [0.05, 0.1) is 11.8 Å². The molecule has 0 spiro atoms. The van der Waals surface area contributed by atoms with Crippen LogP contribution in [-0.4, -0.2) is 28.7 Å². The topological polar surface area (TPSA) is 33.5 Å². The first-order chi connectivity index (χ1) is 8.33. The average Bonchev–Trinajstić information content (AvgIpc) is 2.90. The molecule has 1 aromatic rings. The van der Waals surface area contributed by atoms with Gasteiger partial charge in [0.2, 0.25) is 0 Å². The Hall–Kier alpha value is -0.770. The molecule has 3 nitrogen and oxygen atoms in total. The molecular weight excluding hydrogens is 282 g/mol. The van der Waals surface area contributed by atoms with E-state index in [1.807, 2.05) is 4.90 Å². The van der Waals surface area contributed by atoms with Crippen LogP contribution in [0, 0.1) is 0 Å². The van der Waals surface area contributed by atoms with Crippen LogP contribution in [0.4, 0.5) is 0 Å². The summed E-state index contributed by atoms with van der Waals surface area (Å²) in [5.74, 6) is 0.102. The van der Waals surface area contributed by atoms with E-state index in [4.69, 9.17) is 4.42 Å². The second-order valence-electron chi connectivity index (χ2n) is 4.49. The molecule has 0 aromatic carbocycles. The van der Waals surface area contributed by atoms with Crippen LogP contribution in [0.2, 0.25) is 0 Å². The lowest BCUT2D eigenvalue weighted by atomic mass is 9.94. The van der Waals surface area contributed by atoms with Gasteiger partial charge in [-0.15, -0.1) is 0 Å². The normalized spacial score (nSPS) is 17.0. The summed E-state index contributed by atoms with van der Waals surface area (Å²) in [6.45, 7) is 0.772. The third-order valence-electron chi connectivity index (χ3n) is 3.37. The largest absolute Gasteiger partial charge is 0.472 e. The molecule has 94 valence electrons. The van der Waals surface area contributed by atoms with Crippen molar-refractivity contribution in [3.05, 3.63) is 24.2 Å². The van der Waals surface area contributed by atoms with Crippen molar-refractivity contribution < 1.29 is 9.21 Å². The number of carbonyl (C=O) groups is 1. The van der Waals surface area contributed by atoms with Crippen molar-refractivity contribution in [2.75, 3.05) is 11.9 Å². The van der Waals surface area contributed by atoms with Crippen molar-refractivity contribution in [3.8, 4) is 0 Å². The van der Waals surface area contributed by atoms with E-state index in [1.54, 1.807) is 12.3 Å². The first kappa shape index (κ1) is 12.7. The summed E-state index contributed by atoms with van der Waals surface area (Å²) in [4.78, 5) is 14.3. The van der Waals surface area contributed by atoms with Crippen LogP contribution in [0.1, 0.15) is 42.5 Å². The van der Waals surface area contributed by atoms with Crippen LogP contribution in [0.3, 0.4) is 0 Å². The number of hydrogen-bond acceptors (Lipinski definition) is 2. The van der Waals surface area contributed by atoms with Gasteiger partial charge in [-0.2, -0.15) is 0 Å². The second-order valence-corrected chi connectivity index (χ2v) is 5.28. The minimum absolute atomic E-state index is 0.102. The van der Waals surface area contributed by atoms with E-state index < -0.39 is 0 Å². The Morgan fingerprint density at radius 3 is 2.76 bits per heavy atom. The van der Waals surface area contributed by atoms with Crippen LogP contribution in [0.15, 0.2) is 23.0 Å². The molecule has 2 rings (SSSR count). The van der Waals surface area contributed by atoms with E-state index in [9.17, 15) is 4.79 Å². The first-order valence-electron chi connectivity index (χ1n) is 6.22. The van der Waals surface area contributed by atoms with Crippen molar-refractivity contribution in [2.24, 2.45) is 0 Å². The number of hydrogen-bond donors (Lipinski definition) is 0. The molecule has 1 heterocycles. The van der Waals surface area contributed by atoms with Crippen molar-refractivity contribution in [1.82, 2.24) is 4.90 Å². The number of carbonyl (C=O) groups excluding carboxylic acids is 1. The highest BCUT2D eigenvalue weighted by Gasteiger charge is 2.26. The zero-order valence-electron chi connectivity index (χ0n) is 9.90. The van der Waals surface area contributed by atoms with Gasteiger partial charge in [-0.1, -0.05) is 35.2 Å². The third-order valence-corrected chi connectivity index (χ3v) is 3.72. The number of rotatable bonds is 4. The van der Waals surface area contributed by atoms with Gasteiger partial charge in [0.15, 0.2) is 0 Å².